The fourth-order valence-corrected chi connectivity index (χ4v) is 4.97. The summed E-state index contributed by atoms with van der Waals surface area (Å²) >= 11 is 0. The van der Waals surface area contributed by atoms with Crippen molar-refractivity contribution in [1.82, 2.24) is 3.97 Å². The molecule has 5 nitrogen and oxygen atoms in total. The van der Waals surface area contributed by atoms with Gasteiger partial charge in [0.25, 0.3) is 10.0 Å². The summed E-state index contributed by atoms with van der Waals surface area (Å²) in [6.45, 7) is 3.76. The molecule has 0 unspecified atom stereocenters. The maximum absolute atomic E-state index is 13.2. The van der Waals surface area contributed by atoms with Crippen LogP contribution in [0, 0.1) is 6.92 Å². The number of carbonyl (C=O) groups is 1. The SMILES string of the molecule is Cc1ccc(S(=O)(=O)n2cc(C=O)c3c(N4CCCC4)cccc32)cc1. The molecule has 0 atom stereocenters. The van der Waals surface area contributed by atoms with Gasteiger partial charge in [-0.2, -0.15) is 0 Å². The molecule has 2 heterocycles. The van der Waals surface area contributed by atoms with Crippen LogP contribution in [0.2, 0.25) is 0 Å². The van der Waals surface area contributed by atoms with Crippen molar-refractivity contribution in [2.45, 2.75) is 24.7 Å². The quantitative estimate of drug-likeness (QED) is 0.660. The predicted molar refractivity (Wildman–Crippen MR) is 103 cm³/mol. The van der Waals surface area contributed by atoms with Crippen LogP contribution in [0.25, 0.3) is 10.9 Å². The van der Waals surface area contributed by atoms with Crippen LogP contribution >= 0.6 is 0 Å². The van der Waals surface area contributed by atoms with Crippen LogP contribution in [0.4, 0.5) is 5.69 Å². The minimum atomic E-state index is -3.77. The molecule has 4 rings (SSSR count). The molecule has 0 amide bonds. The summed E-state index contributed by atoms with van der Waals surface area (Å²) in [5.74, 6) is 0. The molecule has 0 spiro atoms. The van der Waals surface area contributed by atoms with Gasteiger partial charge in [-0.3, -0.25) is 4.79 Å². The number of rotatable bonds is 4. The first-order valence-corrected chi connectivity index (χ1v) is 10.1. The van der Waals surface area contributed by atoms with E-state index < -0.39 is 10.0 Å². The van der Waals surface area contributed by atoms with Crippen LogP contribution in [-0.2, 0) is 10.0 Å². The van der Waals surface area contributed by atoms with E-state index >= 15 is 0 Å². The minimum absolute atomic E-state index is 0.212. The predicted octanol–water partition coefficient (Wildman–Crippen LogP) is 3.60. The molecule has 0 bridgehead atoms. The molecule has 1 fully saturated rings. The highest BCUT2D eigenvalue weighted by atomic mass is 32.2. The first-order chi connectivity index (χ1) is 12.5. The van der Waals surface area contributed by atoms with Gasteiger partial charge >= 0.3 is 0 Å². The van der Waals surface area contributed by atoms with Gasteiger partial charge in [-0.1, -0.05) is 23.8 Å². The summed E-state index contributed by atoms with van der Waals surface area (Å²) in [5, 5.41) is 0.708. The normalized spacial score (nSPS) is 14.9. The number of fused-ring (bicyclic) bond motifs is 1. The van der Waals surface area contributed by atoms with E-state index in [2.05, 4.69) is 4.90 Å². The fraction of sp³-hybridized carbons (Fsp3) is 0.250. The summed E-state index contributed by atoms with van der Waals surface area (Å²) in [6, 6.07) is 12.3. The lowest BCUT2D eigenvalue weighted by Gasteiger charge is -2.19. The van der Waals surface area contributed by atoms with Gasteiger partial charge in [0.1, 0.15) is 0 Å². The van der Waals surface area contributed by atoms with Gasteiger partial charge < -0.3 is 4.90 Å². The van der Waals surface area contributed by atoms with E-state index in [0.717, 1.165) is 43.5 Å². The van der Waals surface area contributed by atoms with Crippen molar-refractivity contribution in [2.75, 3.05) is 18.0 Å². The van der Waals surface area contributed by atoms with Crippen molar-refractivity contribution < 1.29 is 13.2 Å². The summed E-state index contributed by atoms with van der Waals surface area (Å²) in [5.41, 5.74) is 2.86. The van der Waals surface area contributed by atoms with Crippen molar-refractivity contribution >= 4 is 32.9 Å². The van der Waals surface area contributed by atoms with Crippen molar-refractivity contribution in [2.24, 2.45) is 0 Å². The maximum atomic E-state index is 13.2. The van der Waals surface area contributed by atoms with Crippen molar-refractivity contribution in [3.05, 3.63) is 59.8 Å². The highest BCUT2D eigenvalue weighted by molar-refractivity contribution is 7.90. The largest absolute Gasteiger partial charge is 0.371 e. The molecular weight excluding hydrogens is 348 g/mol. The standard InChI is InChI=1S/C20H20N2O3S/c1-15-7-9-17(10-8-15)26(24,25)22-13-16(14-23)20-18(5-4-6-19(20)22)21-11-2-3-12-21/h4-10,13-14H,2-3,11-12H2,1H3. The molecule has 0 N–H and O–H groups in total. The highest BCUT2D eigenvalue weighted by Crippen LogP contribution is 2.34. The zero-order valence-corrected chi connectivity index (χ0v) is 15.4. The van der Waals surface area contributed by atoms with Gasteiger partial charge in [0.2, 0.25) is 0 Å². The van der Waals surface area contributed by atoms with E-state index in [1.807, 2.05) is 19.1 Å². The van der Waals surface area contributed by atoms with Crippen LogP contribution in [0.5, 0.6) is 0 Å². The number of aldehydes is 1. The molecule has 1 aliphatic heterocycles. The summed E-state index contributed by atoms with van der Waals surface area (Å²) < 4.78 is 27.5. The molecular formula is C20H20N2O3S. The Hall–Kier alpha value is -2.60. The maximum Gasteiger partial charge on any atom is 0.268 e. The second kappa shape index (κ2) is 6.29. The third-order valence-corrected chi connectivity index (χ3v) is 6.64. The lowest BCUT2D eigenvalue weighted by Crippen LogP contribution is -2.18. The number of anilines is 1. The Bertz CT molecular complexity index is 1080. The molecule has 6 heteroatoms. The first-order valence-electron chi connectivity index (χ1n) is 8.69. The fourth-order valence-electron chi connectivity index (χ4n) is 3.60. The van der Waals surface area contributed by atoms with Gasteiger partial charge in [-0.25, -0.2) is 12.4 Å². The van der Waals surface area contributed by atoms with Crippen LogP contribution in [0.1, 0.15) is 28.8 Å². The lowest BCUT2D eigenvalue weighted by atomic mass is 10.1. The van der Waals surface area contributed by atoms with E-state index in [4.69, 9.17) is 0 Å². The Morgan fingerprint density at radius 2 is 1.69 bits per heavy atom. The smallest absolute Gasteiger partial charge is 0.268 e. The molecule has 1 aromatic heterocycles. The van der Waals surface area contributed by atoms with Crippen LogP contribution in [-0.4, -0.2) is 31.8 Å². The molecule has 0 saturated carbocycles. The Kier molecular flexibility index (Phi) is 4.07. The van der Waals surface area contributed by atoms with Crippen molar-refractivity contribution in [1.29, 1.82) is 0 Å². The molecule has 1 saturated heterocycles. The van der Waals surface area contributed by atoms with Gasteiger partial charge in [0.05, 0.1) is 10.4 Å². The molecule has 134 valence electrons. The topological polar surface area (TPSA) is 59.4 Å². The average Bonchev–Trinajstić information content (AvgIpc) is 3.30. The number of benzene rings is 2. The Morgan fingerprint density at radius 3 is 2.35 bits per heavy atom. The van der Waals surface area contributed by atoms with Crippen molar-refractivity contribution in [3.63, 3.8) is 0 Å². The number of carbonyl (C=O) groups excluding carboxylic acids is 1. The molecule has 0 aliphatic carbocycles. The summed E-state index contributed by atoms with van der Waals surface area (Å²) in [7, 11) is -3.77. The second-order valence-corrected chi connectivity index (χ2v) is 8.50. The zero-order valence-electron chi connectivity index (χ0n) is 14.6. The van der Waals surface area contributed by atoms with Crippen LogP contribution in [0.3, 0.4) is 0 Å². The number of aromatic nitrogens is 1. The van der Waals surface area contributed by atoms with Gasteiger partial charge in [0, 0.05) is 35.9 Å². The molecule has 1 aliphatic rings. The first kappa shape index (κ1) is 16.8. The molecule has 3 aromatic rings. The van der Waals surface area contributed by atoms with Gasteiger partial charge in [-0.05, 0) is 44.0 Å². The van der Waals surface area contributed by atoms with E-state index in [0.29, 0.717) is 16.5 Å². The van der Waals surface area contributed by atoms with Crippen LogP contribution < -0.4 is 4.90 Å². The Balaban J connectivity index is 1.95. The van der Waals surface area contributed by atoms with E-state index in [1.54, 1.807) is 30.3 Å². The van der Waals surface area contributed by atoms with E-state index in [1.165, 1.54) is 10.2 Å². The monoisotopic (exact) mass is 368 g/mol. The second-order valence-electron chi connectivity index (χ2n) is 6.68. The van der Waals surface area contributed by atoms with Gasteiger partial charge in [0.15, 0.2) is 6.29 Å². The number of hydrogen-bond donors (Lipinski definition) is 0. The van der Waals surface area contributed by atoms with E-state index in [-0.39, 0.29) is 4.90 Å². The molecule has 2 aromatic carbocycles. The lowest BCUT2D eigenvalue weighted by molar-refractivity contribution is 0.112. The zero-order chi connectivity index (χ0) is 18.3. The molecule has 26 heavy (non-hydrogen) atoms. The highest BCUT2D eigenvalue weighted by Gasteiger charge is 2.24. The molecule has 0 radical (unpaired) electrons. The van der Waals surface area contributed by atoms with E-state index in [9.17, 15) is 13.2 Å². The van der Waals surface area contributed by atoms with Crippen LogP contribution in [0.15, 0.2) is 53.6 Å². The third kappa shape index (κ3) is 2.61. The summed E-state index contributed by atoms with van der Waals surface area (Å²) in [6.07, 6.45) is 4.39. The number of hydrogen-bond acceptors (Lipinski definition) is 4. The summed E-state index contributed by atoms with van der Waals surface area (Å²) in [4.78, 5) is 14.1. The average molecular weight is 368 g/mol. The Morgan fingerprint density at radius 1 is 1.00 bits per heavy atom. The third-order valence-electron chi connectivity index (χ3n) is 4.95. The number of aryl methyl sites for hydroxylation is 1. The Labute approximate surface area is 152 Å². The van der Waals surface area contributed by atoms with Crippen molar-refractivity contribution in [3.8, 4) is 0 Å². The number of nitrogens with zero attached hydrogens (tertiary/aromatic N) is 2. The van der Waals surface area contributed by atoms with Gasteiger partial charge in [-0.15, -0.1) is 0 Å². The minimum Gasteiger partial charge on any atom is -0.371 e.